The van der Waals surface area contributed by atoms with E-state index in [1.165, 1.54) is 6.33 Å². The first kappa shape index (κ1) is 11.2. The molecule has 2 rings (SSSR count). The fourth-order valence-electron chi connectivity index (χ4n) is 1.35. The van der Waals surface area contributed by atoms with Gasteiger partial charge in [0.15, 0.2) is 0 Å². The second-order valence-corrected chi connectivity index (χ2v) is 3.45. The minimum atomic E-state index is -0.202. The highest BCUT2D eigenvalue weighted by Gasteiger charge is 2.05. The fourth-order valence-corrected chi connectivity index (χ4v) is 1.35. The number of carbonyl (C=O) groups excluding carboxylic acids is 1. The smallest absolute Gasteiger partial charge is 0.256 e. The predicted molar refractivity (Wildman–Crippen MR) is 64.3 cm³/mol. The summed E-state index contributed by atoms with van der Waals surface area (Å²) in [6.07, 6.45) is 2.95. The summed E-state index contributed by atoms with van der Waals surface area (Å²) in [5.74, 6) is 0.278. The van der Waals surface area contributed by atoms with Crippen molar-refractivity contribution in [2.45, 2.75) is 6.54 Å². The second kappa shape index (κ2) is 5.18. The average molecular weight is 228 g/mol. The van der Waals surface area contributed by atoms with Crippen LogP contribution in [0.3, 0.4) is 0 Å². The van der Waals surface area contributed by atoms with E-state index in [1.54, 1.807) is 24.4 Å². The Hall–Kier alpha value is -2.27. The highest BCUT2D eigenvalue weighted by Crippen LogP contribution is 2.07. The molecule has 0 aliphatic rings. The van der Waals surface area contributed by atoms with Crippen molar-refractivity contribution in [3.8, 4) is 0 Å². The largest absolute Gasteiger partial charge is 0.326 e. The van der Waals surface area contributed by atoms with Crippen LogP contribution >= 0.6 is 0 Å². The van der Waals surface area contributed by atoms with E-state index in [2.05, 4.69) is 15.3 Å². The van der Waals surface area contributed by atoms with Crippen LogP contribution in [0.15, 0.2) is 42.9 Å². The first-order valence-electron chi connectivity index (χ1n) is 5.16. The zero-order valence-electron chi connectivity index (χ0n) is 9.13. The molecule has 1 amide bonds. The van der Waals surface area contributed by atoms with E-state index in [9.17, 15) is 4.79 Å². The standard InChI is InChI=1S/C12H12N4O/c13-7-9-1-3-10(4-2-9)12(17)16-11-5-6-14-8-15-11/h1-6,8H,7,13H2,(H,14,15,16,17). The van der Waals surface area contributed by atoms with Crippen LogP contribution in [0.5, 0.6) is 0 Å². The number of carbonyl (C=O) groups is 1. The lowest BCUT2D eigenvalue weighted by Gasteiger charge is -2.04. The van der Waals surface area contributed by atoms with Gasteiger partial charge in [0, 0.05) is 18.3 Å². The molecular weight excluding hydrogens is 216 g/mol. The minimum Gasteiger partial charge on any atom is -0.326 e. The Morgan fingerprint density at radius 1 is 1.24 bits per heavy atom. The number of hydrogen-bond donors (Lipinski definition) is 2. The normalized spacial score (nSPS) is 9.94. The van der Waals surface area contributed by atoms with E-state index in [4.69, 9.17) is 5.73 Å². The van der Waals surface area contributed by atoms with Crippen molar-refractivity contribution in [2.24, 2.45) is 5.73 Å². The Morgan fingerprint density at radius 2 is 2.00 bits per heavy atom. The van der Waals surface area contributed by atoms with Gasteiger partial charge in [-0.25, -0.2) is 9.97 Å². The molecule has 3 N–H and O–H groups in total. The zero-order valence-corrected chi connectivity index (χ0v) is 9.13. The van der Waals surface area contributed by atoms with Gasteiger partial charge in [-0.1, -0.05) is 12.1 Å². The number of hydrogen-bond acceptors (Lipinski definition) is 4. The van der Waals surface area contributed by atoms with Gasteiger partial charge < -0.3 is 11.1 Å². The van der Waals surface area contributed by atoms with Gasteiger partial charge in [-0.3, -0.25) is 4.79 Å². The van der Waals surface area contributed by atoms with Crippen molar-refractivity contribution in [3.63, 3.8) is 0 Å². The van der Waals surface area contributed by atoms with Crippen molar-refractivity contribution < 1.29 is 4.79 Å². The van der Waals surface area contributed by atoms with E-state index in [1.807, 2.05) is 12.1 Å². The number of nitrogens with two attached hydrogens (primary N) is 1. The first-order chi connectivity index (χ1) is 8.29. The molecular formula is C12H12N4O. The molecule has 86 valence electrons. The van der Waals surface area contributed by atoms with Crippen LogP contribution in [0.4, 0.5) is 5.82 Å². The topological polar surface area (TPSA) is 80.9 Å². The number of rotatable bonds is 3. The molecule has 17 heavy (non-hydrogen) atoms. The lowest BCUT2D eigenvalue weighted by Crippen LogP contribution is -2.13. The predicted octanol–water partition coefficient (Wildman–Crippen LogP) is 1.19. The molecule has 0 fully saturated rings. The maximum Gasteiger partial charge on any atom is 0.256 e. The van der Waals surface area contributed by atoms with Gasteiger partial charge in [0.25, 0.3) is 5.91 Å². The van der Waals surface area contributed by atoms with Crippen LogP contribution in [-0.4, -0.2) is 15.9 Å². The molecule has 0 aliphatic carbocycles. The molecule has 0 unspecified atom stereocenters. The summed E-state index contributed by atoms with van der Waals surface area (Å²) >= 11 is 0. The molecule has 2 aromatic rings. The van der Waals surface area contributed by atoms with E-state index < -0.39 is 0 Å². The van der Waals surface area contributed by atoms with Crippen molar-refractivity contribution in [1.82, 2.24) is 9.97 Å². The van der Waals surface area contributed by atoms with E-state index in [-0.39, 0.29) is 5.91 Å². The van der Waals surface area contributed by atoms with Crippen molar-refractivity contribution in [2.75, 3.05) is 5.32 Å². The Morgan fingerprint density at radius 3 is 2.59 bits per heavy atom. The molecule has 1 heterocycles. The van der Waals surface area contributed by atoms with Crippen LogP contribution in [0, 0.1) is 0 Å². The van der Waals surface area contributed by atoms with Gasteiger partial charge in [-0.2, -0.15) is 0 Å². The monoisotopic (exact) mass is 228 g/mol. The number of amides is 1. The quantitative estimate of drug-likeness (QED) is 0.826. The lowest BCUT2D eigenvalue weighted by molar-refractivity contribution is 0.102. The Kier molecular flexibility index (Phi) is 3.42. The van der Waals surface area contributed by atoms with Gasteiger partial charge in [0.1, 0.15) is 12.1 Å². The molecule has 0 spiro atoms. The molecule has 5 nitrogen and oxygen atoms in total. The highest BCUT2D eigenvalue weighted by molar-refractivity contribution is 6.03. The third-order valence-corrected chi connectivity index (χ3v) is 2.28. The summed E-state index contributed by atoms with van der Waals surface area (Å²) in [6.45, 7) is 0.466. The summed E-state index contributed by atoms with van der Waals surface area (Å²) in [7, 11) is 0. The first-order valence-corrected chi connectivity index (χ1v) is 5.16. The van der Waals surface area contributed by atoms with Crippen LogP contribution in [0.25, 0.3) is 0 Å². The lowest BCUT2D eigenvalue weighted by atomic mass is 10.1. The average Bonchev–Trinajstić information content (AvgIpc) is 2.40. The van der Waals surface area contributed by atoms with Gasteiger partial charge >= 0.3 is 0 Å². The summed E-state index contributed by atoms with van der Waals surface area (Å²) in [4.78, 5) is 19.5. The molecule has 5 heteroatoms. The van der Waals surface area contributed by atoms with Gasteiger partial charge in [0.2, 0.25) is 0 Å². The van der Waals surface area contributed by atoms with Crippen LogP contribution in [0.2, 0.25) is 0 Å². The summed E-state index contributed by atoms with van der Waals surface area (Å²) in [6, 6.07) is 8.76. The second-order valence-electron chi connectivity index (χ2n) is 3.45. The number of nitrogens with zero attached hydrogens (tertiary/aromatic N) is 2. The van der Waals surface area contributed by atoms with Crippen molar-refractivity contribution >= 4 is 11.7 Å². The summed E-state index contributed by atoms with van der Waals surface area (Å²) < 4.78 is 0. The summed E-state index contributed by atoms with van der Waals surface area (Å²) in [5.41, 5.74) is 7.04. The third-order valence-electron chi connectivity index (χ3n) is 2.28. The van der Waals surface area contributed by atoms with Gasteiger partial charge in [-0.15, -0.1) is 0 Å². The van der Waals surface area contributed by atoms with E-state index in [0.29, 0.717) is 17.9 Å². The van der Waals surface area contributed by atoms with Crippen molar-refractivity contribution in [1.29, 1.82) is 0 Å². The maximum absolute atomic E-state index is 11.8. The van der Waals surface area contributed by atoms with Gasteiger partial charge in [0.05, 0.1) is 0 Å². The van der Waals surface area contributed by atoms with E-state index in [0.717, 1.165) is 5.56 Å². The molecule has 0 bridgehead atoms. The Bertz CT molecular complexity index is 496. The summed E-state index contributed by atoms with van der Waals surface area (Å²) in [5, 5.41) is 2.67. The van der Waals surface area contributed by atoms with Crippen LogP contribution < -0.4 is 11.1 Å². The van der Waals surface area contributed by atoms with Gasteiger partial charge in [-0.05, 0) is 23.8 Å². The number of aromatic nitrogens is 2. The molecule has 0 atom stereocenters. The zero-order chi connectivity index (χ0) is 12.1. The number of anilines is 1. The molecule has 0 saturated heterocycles. The van der Waals surface area contributed by atoms with Crippen molar-refractivity contribution in [3.05, 3.63) is 54.0 Å². The maximum atomic E-state index is 11.8. The Labute approximate surface area is 98.7 Å². The molecule has 1 aromatic carbocycles. The molecule has 0 saturated carbocycles. The third kappa shape index (κ3) is 2.85. The number of benzene rings is 1. The Balaban J connectivity index is 2.09. The van der Waals surface area contributed by atoms with Crippen LogP contribution in [-0.2, 0) is 6.54 Å². The SMILES string of the molecule is NCc1ccc(C(=O)Nc2ccncn2)cc1. The fraction of sp³-hybridized carbons (Fsp3) is 0.0833. The molecule has 0 aliphatic heterocycles. The van der Waals surface area contributed by atoms with E-state index >= 15 is 0 Å². The highest BCUT2D eigenvalue weighted by atomic mass is 16.1. The molecule has 0 radical (unpaired) electrons. The number of nitrogens with one attached hydrogen (secondary N) is 1. The molecule has 1 aromatic heterocycles. The van der Waals surface area contributed by atoms with Crippen LogP contribution in [0.1, 0.15) is 15.9 Å². The minimum absolute atomic E-state index is 0.202.